The molecule has 72 valence electrons. The molecule has 0 saturated carbocycles. The average Bonchev–Trinajstić information content (AvgIpc) is 2.61. The van der Waals surface area contributed by atoms with Crippen molar-refractivity contribution in [2.24, 2.45) is 4.99 Å². The lowest BCUT2D eigenvalue weighted by Crippen LogP contribution is -2.07. The summed E-state index contributed by atoms with van der Waals surface area (Å²) in [6, 6.07) is 9.35. The van der Waals surface area contributed by atoms with Crippen LogP contribution < -0.4 is 0 Å². The second-order valence-corrected chi connectivity index (χ2v) is 2.82. The fourth-order valence-electron chi connectivity index (χ4n) is 1.31. The maximum absolute atomic E-state index is 10.9. The standard InChI is InChI=1S/C10H9NO3/c1-11-9-8(13-10(12)14-9)7-5-3-2-4-6-7/h2-6,8H,1H3. The van der Waals surface area contributed by atoms with Crippen LogP contribution in [0.25, 0.3) is 0 Å². The van der Waals surface area contributed by atoms with Crippen LogP contribution in [-0.4, -0.2) is 19.1 Å². The molecule has 1 aromatic carbocycles. The van der Waals surface area contributed by atoms with Crippen LogP contribution in [0.4, 0.5) is 4.79 Å². The lowest BCUT2D eigenvalue weighted by atomic mass is 10.1. The van der Waals surface area contributed by atoms with Gasteiger partial charge in [0.05, 0.1) is 0 Å². The van der Waals surface area contributed by atoms with E-state index in [2.05, 4.69) is 4.99 Å². The van der Waals surface area contributed by atoms with Crippen LogP contribution in [-0.2, 0) is 9.47 Å². The predicted octanol–water partition coefficient (Wildman–Crippen LogP) is 1.92. The summed E-state index contributed by atoms with van der Waals surface area (Å²) in [6.07, 6.45) is -1.19. The average molecular weight is 191 g/mol. The Kier molecular flexibility index (Phi) is 2.18. The fraction of sp³-hybridized carbons (Fsp3) is 0.200. The molecule has 0 bridgehead atoms. The number of carbonyl (C=O) groups is 1. The van der Waals surface area contributed by atoms with E-state index < -0.39 is 12.3 Å². The van der Waals surface area contributed by atoms with Gasteiger partial charge in [0.2, 0.25) is 12.0 Å². The van der Waals surface area contributed by atoms with Crippen LogP contribution in [0, 0.1) is 0 Å². The number of hydrogen-bond acceptors (Lipinski definition) is 4. The molecule has 2 rings (SSSR count). The first-order chi connectivity index (χ1) is 6.81. The molecule has 1 atom stereocenters. The third kappa shape index (κ3) is 1.46. The van der Waals surface area contributed by atoms with Gasteiger partial charge >= 0.3 is 6.16 Å². The zero-order valence-electron chi connectivity index (χ0n) is 7.64. The number of carbonyl (C=O) groups excluding carboxylic acids is 1. The Morgan fingerprint density at radius 1 is 1.29 bits per heavy atom. The maximum atomic E-state index is 10.9. The van der Waals surface area contributed by atoms with Gasteiger partial charge in [0, 0.05) is 12.6 Å². The Morgan fingerprint density at radius 2 is 2.00 bits per heavy atom. The van der Waals surface area contributed by atoms with Gasteiger partial charge in [0.15, 0.2) is 0 Å². The van der Waals surface area contributed by atoms with Gasteiger partial charge in [0.25, 0.3) is 0 Å². The van der Waals surface area contributed by atoms with Gasteiger partial charge in [-0.05, 0) is 0 Å². The van der Waals surface area contributed by atoms with Crippen LogP contribution in [0.5, 0.6) is 0 Å². The second kappa shape index (κ2) is 3.49. The maximum Gasteiger partial charge on any atom is 0.516 e. The zero-order valence-corrected chi connectivity index (χ0v) is 7.64. The highest BCUT2D eigenvalue weighted by atomic mass is 16.8. The summed E-state index contributed by atoms with van der Waals surface area (Å²) in [5.41, 5.74) is 0.860. The number of ether oxygens (including phenoxy) is 2. The molecular formula is C10H9NO3. The lowest BCUT2D eigenvalue weighted by Gasteiger charge is -2.05. The van der Waals surface area contributed by atoms with Crippen molar-refractivity contribution in [3.8, 4) is 0 Å². The van der Waals surface area contributed by atoms with Gasteiger partial charge in [-0.15, -0.1) is 0 Å². The first-order valence-electron chi connectivity index (χ1n) is 4.21. The lowest BCUT2D eigenvalue weighted by molar-refractivity contribution is 0.119. The fourth-order valence-corrected chi connectivity index (χ4v) is 1.31. The Hall–Kier alpha value is -1.84. The van der Waals surface area contributed by atoms with E-state index >= 15 is 0 Å². The SMILES string of the molecule is CN=C1OC(=O)OC1c1ccccc1. The van der Waals surface area contributed by atoms with Crippen LogP contribution in [0.15, 0.2) is 35.3 Å². The Bertz CT molecular complexity index is 372. The summed E-state index contributed by atoms with van der Waals surface area (Å²) in [7, 11) is 1.56. The zero-order chi connectivity index (χ0) is 9.97. The molecule has 1 saturated heterocycles. The molecule has 1 heterocycles. The number of nitrogens with zero attached hydrogens (tertiary/aromatic N) is 1. The third-order valence-corrected chi connectivity index (χ3v) is 1.95. The summed E-state index contributed by atoms with van der Waals surface area (Å²) in [6.45, 7) is 0. The number of hydrogen-bond donors (Lipinski definition) is 0. The monoisotopic (exact) mass is 191 g/mol. The molecule has 0 N–H and O–H groups in total. The largest absolute Gasteiger partial charge is 0.516 e. The van der Waals surface area contributed by atoms with Crippen molar-refractivity contribution in [1.82, 2.24) is 0 Å². The van der Waals surface area contributed by atoms with E-state index in [0.717, 1.165) is 5.56 Å². The molecule has 1 fully saturated rings. The molecule has 1 unspecified atom stereocenters. The van der Waals surface area contributed by atoms with E-state index in [1.807, 2.05) is 30.3 Å². The number of cyclic esters (lactones) is 2. The highest BCUT2D eigenvalue weighted by molar-refractivity contribution is 5.95. The number of aliphatic imine (C=N–C) groups is 1. The van der Waals surface area contributed by atoms with Gasteiger partial charge in [-0.2, -0.15) is 0 Å². The van der Waals surface area contributed by atoms with Crippen molar-refractivity contribution in [2.45, 2.75) is 6.10 Å². The summed E-state index contributed by atoms with van der Waals surface area (Å²) in [4.78, 5) is 14.7. The summed E-state index contributed by atoms with van der Waals surface area (Å²) in [5, 5.41) is 0. The molecule has 0 aromatic heterocycles. The quantitative estimate of drug-likeness (QED) is 0.637. The first-order valence-corrected chi connectivity index (χ1v) is 4.21. The van der Waals surface area contributed by atoms with Gasteiger partial charge in [-0.25, -0.2) is 4.79 Å². The van der Waals surface area contributed by atoms with E-state index in [1.165, 1.54) is 0 Å². The van der Waals surface area contributed by atoms with Gasteiger partial charge < -0.3 is 9.47 Å². The topological polar surface area (TPSA) is 47.9 Å². The smallest absolute Gasteiger partial charge is 0.416 e. The molecule has 0 spiro atoms. The predicted molar refractivity (Wildman–Crippen MR) is 50.1 cm³/mol. The minimum absolute atomic E-state index is 0.307. The van der Waals surface area contributed by atoms with E-state index in [0.29, 0.717) is 5.90 Å². The highest BCUT2D eigenvalue weighted by Gasteiger charge is 2.33. The van der Waals surface area contributed by atoms with Gasteiger partial charge in [-0.1, -0.05) is 30.3 Å². The van der Waals surface area contributed by atoms with E-state index in [4.69, 9.17) is 9.47 Å². The number of rotatable bonds is 1. The second-order valence-electron chi connectivity index (χ2n) is 2.82. The third-order valence-electron chi connectivity index (χ3n) is 1.95. The van der Waals surface area contributed by atoms with E-state index in [-0.39, 0.29) is 0 Å². The minimum atomic E-state index is -0.695. The van der Waals surface area contributed by atoms with Gasteiger partial charge in [0.1, 0.15) is 0 Å². The van der Waals surface area contributed by atoms with Crippen LogP contribution in [0.2, 0.25) is 0 Å². The molecule has 14 heavy (non-hydrogen) atoms. The van der Waals surface area contributed by atoms with Crippen molar-refractivity contribution in [3.63, 3.8) is 0 Å². The van der Waals surface area contributed by atoms with Crippen molar-refractivity contribution in [2.75, 3.05) is 7.05 Å². The van der Waals surface area contributed by atoms with Gasteiger partial charge in [-0.3, -0.25) is 4.99 Å². The van der Waals surface area contributed by atoms with E-state index in [1.54, 1.807) is 7.05 Å². The Balaban J connectivity index is 2.31. The first kappa shape index (κ1) is 8.74. The van der Waals surface area contributed by atoms with Crippen molar-refractivity contribution < 1.29 is 14.3 Å². The molecule has 1 aromatic rings. The molecule has 0 aliphatic carbocycles. The molecule has 0 amide bonds. The van der Waals surface area contributed by atoms with Crippen LogP contribution >= 0.6 is 0 Å². The Labute approximate surface area is 81.2 Å². The molecule has 1 aliphatic heterocycles. The van der Waals surface area contributed by atoms with Crippen LogP contribution in [0.3, 0.4) is 0 Å². The molecule has 0 radical (unpaired) electrons. The minimum Gasteiger partial charge on any atom is -0.416 e. The molecule has 4 heteroatoms. The molecule has 1 aliphatic rings. The van der Waals surface area contributed by atoms with Crippen molar-refractivity contribution >= 4 is 12.1 Å². The summed E-state index contributed by atoms with van der Waals surface area (Å²) < 4.78 is 9.73. The molecular weight excluding hydrogens is 182 g/mol. The van der Waals surface area contributed by atoms with Crippen molar-refractivity contribution in [1.29, 1.82) is 0 Å². The van der Waals surface area contributed by atoms with Crippen LogP contribution in [0.1, 0.15) is 11.7 Å². The Morgan fingerprint density at radius 3 is 2.64 bits per heavy atom. The number of benzene rings is 1. The summed E-state index contributed by atoms with van der Waals surface area (Å²) in [5.74, 6) is 0.307. The van der Waals surface area contributed by atoms with Crippen molar-refractivity contribution in [3.05, 3.63) is 35.9 Å². The van der Waals surface area contributed by atoms with E-state index in [9.17, 15) is 4.79 Å². The summed E-state index contributed by atoms with van der Waals surface area (Å²) >= 11 is 0. The normalized spacial score (nSPS) is 23.4. The highest BCUT2D eigenvalue weighted by Crippen LogP contribution is 2.25. The molecule has 4 nitrogen and oxygen atoms in total.